The highest BCUT2D eigenvalue weighted by Gasteiger charge is 2.44. The Morgan fingerprint density at radius 2 is 2.20 bits per heavy atom. The van der Waals surface area contributed by atoms with Crippen LogP contribution in [0, 0.1) is 5.41 Å². The van der Waals surface area contributed by atoms with Crippen LogP contribution in [0.4, 0.5) is 0 Å². The molecule has 110 valence electrons. The highest BCUT2D eigenvalue weighted by molar-refractivity contribution is 9.10. The molecular formula is C13H16BrNO4S. The summed E-state index contributed by atoms with van der Waals surface area (Å²) < 4.78 is 26.8. The minimum atomic E-state index is -3.49. The molecule has 1 unspecified atom stereocenters. The number of hydrogen-bond acceptors (Lipinski definition) is 3. The van der Waals surface area contributed by atoms with Gasteiger partial charge in [-0.1, -0.05) is 28.1 Å². The Labute approximate surface area is 126 Å². The third-order valence-corrected chi connectivity index (χ3v) is 5.88. The highest BCUT2D eigenvalue weighted by atomic mass is 79.9. The van der Waals surface area contributed by atoms with Gasteiger partial charge in [0, 0.05) is 17.6 Å². The molecule has 0 spiro atoms. The van der Waals surface area contributed by atoms with E-state index >= 15 is 0 Å². The summed E-state index contributed by atoms with van der Waals surface area (Å²) in [5.74, 6) is -1.06. The van der Waals surface area contributed by atoms with Gasteiger partial charge in [-0.05, 0) is 31.0 Å². The van der Waals surface area contributed by atoms with Gasteiger partial charge in [-0.3, -0.25) is 4.79 Å². The monoisotopic (exact) mass is 361 g/mol. The summed E-state index contributed by atoms with van der Waals surface area (Å²) in [5.41, 5.74) is -0.298. The van der Waals surface area contributed by atoms with Crippen molar-refractivity contribution in [1.29, 1.82) is 0 Å². The molecular weight excluding hydrogens is 346 g/mol. The number of carbonyl (C=O) groups is 1. The first-order valence-corrected chi connectivity index (χ1v) is 8.59. The number of aliphatic carboxylic acids is 1. The molecule has 1 aliphatic rings. The zero-order valence-corrected chi connectivity index (χ0v) is 13.4. The van der Waals surface area contributed by atoms with Gasteiger partial charge in [0.05, 0.1) is 11.2 Å². The maximum absolute atomic E-state index is 12.3. The molecule has 5 nitrogen and oxygen atoms in total. The van der Waals surface area contributed by atoms with Crippen LogP contribution < -0.4 is 0 Å². The second-order valence-corrected chi connectivity index (χ2v) is 8.22. The number of halogens is 1. The molecule has 7 heteroatoms. The average Bonchev–Trinajstić information content (AvgIpc) is 2.73. The Morgan fingerprint density at radius 1 is 1.50 bits per heavy atom. The summed E-state index contributed by atoms with van der Waals surface area (Å²) in [4.78, 5) is 11.2. The lowest BCUT2D eigenvalue weighted by Gasteiger charge is -2.20. The second-order valence-electron chi connectivity index (χ2n) is 5.34. The SMILES string of the molecule is CC1(C(=O)O)CCN(S(=O)(=O)Cc2cccc(Br)c2)C1. The molecule has 0 radical (unpaired) electrons. The van der Waals surface area contributed by atoms with Crippen LogP contribution in [0.1, 0.15) is 18.9 Å². The fourth-order valence-electron chi connectivity index (χ4n) is 2.26. The summed E-state index contributed by atoms with van der Waals surface area (Å²) in [6.45, 7) is 1.89. The van der Waals surface area contributed by atoms with E-state index in [1.54, 1.807) is 25.1 Å². The lowest BCUT2D eigenvalue weighted by Crippen LogP contribution is -2.35. The number of carboxylic acid groups (broad SMARTS) is 1. The fraction of sp³-hybridized carbons (Fsp3) is 0.462. The molecule has 1 heterocycles. The quantitative estimate of drug-likeness (QED) is 0.890. The topological polar surface area (TPSA) is 74.7 Å². The molecule has 0 aliphatic carbocycles. The van der Waals surface area contributed by atoms with Gasteiger partial charge in [0.15, 0.2) is 0 Å². The summed E-state index contributed by atoms with van der Waals surface area (Å²) in [6.07, 6.45) is 0.347. The van der Waals surface area contributed by atoms with Gasteiger partial charge in [-0.15, -0.1) is 0 Å². The number of sulfonamides is 1. The van der Waals surface area contributed by atoms with Gasteiger partial charge in [-0.2, -0.15) is 0 Å². The van der Waals surface area contributed by atoms with E-state index in [4.69, 9.17) is 5.11 Å². The van der Waals surface area contributed by atoms with Crippen LogP contribution in [-0.2, 0) is 20.6 Å². The standard InChI is InChI=1S/C13H16BrNO4S/c1-13(12(16)17)5-6-15(9-13)20(18,19)8-10-3-2-4-11(14)7-10/h2-4,7H,5-6,8-9H2,1H3,(H,16,17). The third kappa shape index (κ3) is 3.21. The van der Waals surface area contributed by atoms with Crippen molar-refractivity contribution in [2.45, 2.75) is 19.1 Å². The summed E-state index contributed by atoms with van der Waals surface area (Å²) >= 11 is 3.30. The zero-order chi connectivity index (χ0) is 15.0. The van der Waals surface area contributed by atoms with E-state index in [0.717, 1.165) is 4.47 Å². The first-order chi connectivity index (χ1) is 9.23. The first kappa shape index (κ1) is 15.5. The van der Waals surface area contributed by atoms with E-state index in [-0.39, 0.29) is 18.8 Å². The number of hydrogen-bond donors (Lipinski definition) is 1. The molecule has 1 aromatic carbocycles. The van der Waals surface area contributed by atoms with Crippen molar-refractivity contribution >= 4 is 31.9 Å². The molecule has 0 aromatic heterocycles. The highest BCUT2D eigenvalue weighted by Crippen LogP contribution is 2.32. The van der Waals surface area contributed by atoms with Crippen LogP contribution in [0.25, 0.3) is 0 Å². The number of benzene rings is 1. The molecule has 1 N–H and O–H groups in total. The van der Waals surface area contributed by atoms with E-state index in [1.165, 1.54) is 4.31 Å². The largest absolute Gasteiger partial charge is 0.481 e. The van der Waals surface area contributed by atoms with Crippen molar-refractivity contribution in [2.24, 2.45) is 5.41 Å². The van der Waals surface area contributed by atoms with Crippen LogP contribution in [0.15, 0.2) is 28.7 Å². The maximum atomic E-state index is 12.3. The van der Waals surface area contributed by atoms with Crippen molar-refractivity contribution < 1.29 is 18.3 Å². The van der Waals surface area contributed by atoms with E-state index in [9.17, 15) is 13.2 Å². The van der Waals surface area contributed by atoms with Crippen LogP contribution in [0.2, 0.25) is 0 Å². The number of carboxylic acids is 1. The van der Waals surface area contributed by atoms with Crippen molar-refractivity contribution in [3.8, 4) is 0 Å². The molecule has 20 heavy (non-hydrogen) atoms. The molecule has 1 aromatic rings. The predicted octanol–water partition coefficient (Wildman–Crippen LogP) is 2.08. The number of nitrogens with zero attached hydrogens (tertiary/aromatic N) is 1. The van der Waals surface area contributed by atoms with Gasteiger partial charge in [0.2, 0.25) is 10.0 Å². The summed E-state index contributed by atoms with van der Waals surface area (Å²) in [5, 5.41) is 9.15. The molecule has 1 saturated heterocycles. The molecule has 1 aliphatic heterocycles. The van der Waals surface area contributed by atoms with Gasteiger partial charge in [0.1, 0.15) is 0 Å². The first-order valence-electron chi connectivity index (χ1n) is 6.19. The minimum absolute atomic E-state index is 0.0403. The van der Waals surface area contributed by atoms with Crippen LogP contribution in [0.5, 0.6) is 0 Å². The minimum Gasteiger partial charge on any atom is -0.481 e. The van der Waals surface area contributed by atoms with Crippen LogP contribution in [-0.4, -0.2) is 36.9 Å². The summed E-state index contributed by atoms with van der Waals surface area (Å²) in [6, 6.07) is 7.10. The number of rotatable bonds is 4. The average molecular weight is 362 g/mol. The maximum Gasteiger partial charge on any atom is 0.310 e. The smallest absolute Gasteiger partial charge is 0.310 e. The van der Waals surface area contributed by atoms with Crippen molar-refractivity contribution in [2.75, 3.05) is 13.1 Å². The van der Waals surface area contributed by atoms with Crippen molar-refractivity contribution in [3.05, 3.63) is 34.3 Å². The van der Waals surface area contributed by atoms with E-state index in [2.05, 4.69) is 15.9 Å². The van der Waals surface area contributed by atoms with Gasteiger partial charge < -0.3 is 5.11 Å². The van der Waals surface area contributed by atoms with Gasteiger partial charge >= 0.3 is 5.97 Å². The molecule has 0 bridgehead atoms. The Balaban J connectivity index is 2.15. The van der Waals surface area contributed by atoms with E-state index in [1.807, 2.05) is 6.07 Å². The molecule has 1 atom stereocenters. The fourth-order valence-corrected chi connectivity index (χ4v) is 4.34. The Hall–Kier alpha value is -0.920. The lowest BCUT2D eigenvalue weighted by atomic mass is 9.90. The molecule has 0 saturated carbocycles. The molecule has 1 fully saturated rings. The molecule has 2 rings (SSSR count). The lowest BCUT2D eigenvalue weighted by molar-refractivity contribution is -0.146. The Morgan fingerprint density at radius 3 is 2.75 bits per heavy atom. The van der Waals surface area contributed by atoms with Crippen LogP contribution >= 0.6 is 15.9 Å². The second kappa shape index (κ2) is 5.46. The Kier molecular flexibility index (Phi) is 4.22. The summed E-state index contributed by atoms with van der Waals surface area (Å²) in [7, 11) is -3.49. The normalized spacial score (nSPS) is 23.9. The molecule has 0 amide bonds. The van der Waals surface area contributed by atoms with Crippen molar-refractivity contribution in [1.82, 2.24) is 4.31 Å². The Bertz CT molecular complexity index is 631. The van der Waals surface area contributed by atoms with Crippen molar-refractivity contribution in [3.63, 3.8) is 0 Å². The van der Waals surface area contributed by atoms with E-state index in [0.29, 0.717) is 12.0 Å². The third-order valence-electron chi connectivity index (χ3n) is 3.59. The van der Waals surface area contributed by atoms with Gasteiger partial charge in [0.25, 0.3) is 0 Å². The van der Waals surface area contributed by atoms with Gasteiger partial charge in [-0.25, -0.2) is 12.7 Å². The van der Waals surface area contributed by atoms with Crippen LogP contribution in [0.3, 0.4) is 0 Å². The van der Waals surface area contributed by atoms with E-state index < -0.39 is 21.4 Å². The zero-order valence-electron chi connectivity index (χ0n) is 11.0. The predicted molar refractivity (Wildman–Crippen MR) is 78.7 cm³/mol.